The predicted molar refractivity (Wildman–Crippen MR) is 75.3 cm³/mol. The summed E-state index contributed by atoms with van der Waals surface area (Å²) in [4.78, 5) is 4.46. The maximum Gasteiger partial charge on any atom is 0.146 e. The third-order valence-electron chi connectivity index (χ3n) is 4.42. The van der Waals surface area contributed by atoms with E-state index < -0.39 is 0 Å². The van der Waals surface area contributed by atoms with Gasteiger partial charge in [0.1, 0.15) is 5.82 Å². The minimum absolute atomic E-state index is 0. The standard InChI is InChI=1S/C14H19FN2.ClH/c1-16-8-6-14(7-9-16)10-17(2)13-11(14)4-3-5-12(13)15;/h3-5H,6-10H2,1-2H3;1H. The summed E-state index contributed by atoms with van der Waals surface area (Å²) in [5.74, 6) is -0.0687. The Hall–Kier alpha value is -0.800. The van der Waals surface area contributed by atoms with E-state index in [2.05, 4.69) is 22.9 Å². The van der Waals surface area contributed by atoms with E-state index >= 15 is 0 Å². The summed E-state index contributed by atoms with van der Waals surface area (Å²) >= 11 is 0. The lowest BCUT2D eigenvalue weighted by molar-refractivity contribution is 0.197. The molecule has 18 heavy (non-hydrogen) atoms. The first-order chi connectivity index (χ1) is 8.12. The van der Waals surface area contributed by atoms with Gasteiger partial charge in [-0.1, -0.05) is 12.1 Å². The zero-order chi connectivity index (χ0) is 12.0. The lowest BCUT2D eigenvalue weighted by atomic mass is 9.74. The average molecular weight is 271 g/mol. The number of fused-ring (bicyclic) bond motifs is 2. The molecule has 2 aliphatic heterocycles. The van der Waals surface area contributed by atoms with Crippen LogP contribution in [-0.4, -0.2) is 38.6 Å². The fourth-order valence-corrected chi connectivity index (χ4v) is 3.42. The third-order valence-corrected chi connectivity index (χ3v) is 4.42. The van der Waals surface area contributed by atoms with E-state index in [0.29, 0.717) is 0 Å². The molecule has 0 bridgehead atoms. The Morgan fingerprint density at radius 1 is 1.17 bits per heavy atom. The van der Waals surface area contributed by atoms with Crippen molar-refractivity contribution >= 4 is 18.1 Å². The number of nitrogens with zero attached hydrogens (tertiary/aromatic N) is 2. The van der Waals surface area contributed by atoms with Gasteiger partial charge in [-0.05, 0) is 44.6 Å². The number of piperidine rings is 1. The van der Waals surface area contributed by atoms with Crippen molar-refractivity contribution in [2.24, 2.45) is 0 Å². The van der Waals surface area contributed by atoms with Gasteiger partial charge in [-0.3, -0.25) is 0 Å². The molecule has 1 aromatic rings. The number of halogens is 2. The van der Waals surface area contributed by atoms with Crippen LogP contribution in [0.3, 0.4) is 0 Å². The Morgan fingerprint density at radius 3 is 2.50 bits per heavy atom. The van der Waals surface area contributed by atoms with Gasteiger partial charge in [0.05, 0.1) is 5.69 Å². The second-order valence-electron chi connectivity index (χ2n) is 5.58. The largest absolute Gasteiger partial charge is 0.371 e. The molecule has 1 spiro atoms. The van der Waals surface area contributed by atoms with Gasteiger partial charge < -0.3 is 9.80 Å². The van der Waals surface area contributed by atoms with E-state index in [1.54, 1.807) is 6.07 Å². The summed E-state index contributed by atoms with van der Waals surface area (Å²) in [6, 6.07) is 5.55. The van der Waals surface area contributed by atoms with Crippen LogP contribution in [0.15, 0.2) is 18.2 Å². The van der Waals surface area contributed by atoms with Gasteiger partial charge in [-0.15, -0.1) is 12.4 Å². The quantitative estimate of drug-likeness (QED) is 0.715. The van der Waals surface area contributed by atoms with Crippen LogP contribution in [-0.2, 0) is 5.41 Å². The number of likely N-dealkylation sites (tertiary alicyclic amines) is 1. The Balaban J connectivity index is 0.00000120. The molecule has 1 saturated heterocycles. The van der Waals surface area contributed by atoms with Crippen molar-refractivity contribution in [3.63, 3.8) is 0 Å². The molecule has 0 aliphatic carbocycles. The smallest absolute Gasteiger partial charge is 0.146 e. The molecule has 0 atom stereocenters. The fraction of sp³-hybridized carbons (Fsp3) is 0.571. The average Bonchev–Trinajstić information content (AvgIpc) is 2.58. The summed E-state index contributed by atoms with van der Waals surface area (Å²) < 4.78 is 13.9. The molecular formula is C14H20ClFN2. The highest BCUT2D eigenvalue weighted by atomic mass is 35.5. The monoisotopic (exact) mass is 270 g/mol. The Kier molecular flexibility index (Phi) is 3.56. The van der Waals surface area contributed by atoms with Crippen molar-refractivity contribution in [3.8, 4) is 0 Å². The molecule has 1 fully saturated rings. The Morgan fingerprint density at radius 2 is 1.83 bits per heavy atom. The Bertz CT molecular complexity index is 441. The first kappa shape index (κ1) is 13.6. The normalized spacial score (nSPS) is 21.8. The van der Waals surface area contributed by atoms with Gasteiger partial charge >= 0.3 is 0 Å². The van der Waals surface area contributed by atoms with Crippen molar-refractivity contribution in [2.45, 2.75) is 18.3 Å². The van der Waals surface area contributed by atoms with Crippen molar-refractivity contribution in [1.82, 2.24) is 4.90 Å². The molecule has 100 valence electrons. The molecule has 0 unspecified atom stereocenters. The first-order valence-electron chi connectivity index (χ1n) is 6.31. The van der Waals surface area contributed by atoms with Crippen LogP contribution in [0.1, 0.15) is 18.4 Å². The predicted octanol–water partition coefficient (Wildman–Crippen LogP) is 2.66. The van der Waals surface area contributed by atoms with Crippen LogP contribution in [0.5, 0.6) is 0 Å². The highest BCUT2D eigenvalue weighted by Crippen LogP contribution is 2.47. The SMILES string of the molecule is CN1CCC2(CC1)CN(C)c1c(F)cccc12.Cl. The molecule has 2 heterocycles. The highest BCUT2D eigenvalue weighted by Gasteiger charge is 2.44. The number of benzene rings is 1. The lowest BCUT2D eigenvalue weighted by Crippen LogP contribution is -2.43. The molecule has 3 rings (SSSR count). The summed E-state index contributed by atoms with van der Waals surface area (Å²) in [5, 5.41) is 0. The van der Waals surface area contributed by atoms with E-state index in [9.17, 15) is 4.39 Å². The maximum absolute atomic E-state index is 13.9. The number of likely N-dealkylation sites (N-methyl/N-ethyl adjacent to an activating group) is 1. The van der Waals surface area contributed by atoms with Crippen molar-refractivity contribution in [2.75, 3.05) is 38.6 Å². The molecule has 1 aromatic carbocycles. The summed E-state index contributed by atoms with van der Waals surface area (Å²) in [5.41, 5.74) is 2.25. The molecule has 0 saturated carbocycles. The first-order valence-corrected chi connectivity index (χ1v) is 6.31. The van der Waals surface area contributed by atoms with E-state index in [1.807, 2.05) is 13.1 Å². The Labute approximate surface area is 114 Å². The van der Waals surface area contributed by atoms with E-state index in [4.69, 9.17) is 0 Å². The molecule has 4 heteroatoms. The van der Waals surface area contributed by atoms with E-state index in [1.165, 1.54) is 5.56 Å². The molecule has 0 aromatic heterocycles. The van der Waals surface area contributed by atoms with Gasteiger partial charge in [0.25, 0.3) is 0 Å². The second kappa shape index (κ2) is 4.71. The van der Waals surface area contributed by atoms with E-state index in [0.717, 1.165) is 38.2 Å². The van der Waals surface area contributed by atoms with Crippen molar-refractivity contribution in [1.29, 1.82) is 0 Å². The summed E-state index contributed by atoms with van der Waals surface area (Å²) in [7, 11) is 4.17. The molecule has 0 radical (unpaired) electrons. The number of para-hydroxylation sites is 1. The van der Waals surface area contributed by atoms with Crippen molar-refractivity contribution < 1.29 is 4.39 Å². The number of rotatable bonds is 0. The summed E-state index contributed by atoms with van der Waals surface area (Å²) in [6.45, 7) is 3.20. The highest BCUT2D eigenvalue weighted by molar-refractivity contribution is 5.85. The van der Waals surface area contributed by atoms with Gasteiger partial charge in [-0.25, -0.2) is 4.39 Å². The van der Waals surface area contributed by atoms with Gasteiger partial charge in [0, 0.05) is 19.0 Å². The molecular weight excluding hydrogens is 251 g/mol. The third kappa shape index (κ3) is 1.90. The van der Waals surface area contributed by atoms with Gasteiger partial charge in [0.15, 0.2) is 0 Å². The number of hydrogen-bond acceptors (Lipinski definition) is 2. The van der Waals surface area contributed by atoms with Crippen LogP contribution >= 0.6 is 12.4 Å². The van der Waals surface area contributed by atoms with Gasteiger partial charge in [-0.2, -0.15) is 0 Å². The van der Waals surface area contributed by atoms with Crippen LogP contribution in [0.2, 0.25) is 0 Å². The van der Waals surface area contributed by atoms with Crippen LogP contribution in [0.25, 0.3) is 0 Å². The fourth-order valence-electron chi connectivity index (χ4n) is 3.42. The minimum Gasteiger partial charge on any atom is -0.371 e. The summed E-state index contributed by atoms with van der Waals surface area (Å²) in [6.07, 6.45) is 2.29. The molecule has 2 aliphatic rings. The number of anilines is 1. The lowest BCUT2D eigenvalue weighted by Gasteiger charge is -2.38. The molecule has 0 amide bonds. The van der Waals surface area contributed by atoms with E-state index in [-0.39, 0.29) is 23.6 Å². The molecule has 0 N–H and O–H groups in total. The van der Waals surface area contributed by atoms with Gasteiger partial charge in [0.2, 0.25) is 0 Å². The maximum atomic E-state index is 13.9. The zero-order valence-electron chi connectivity index (χ0n) is 10.9. The minimum atomic E-state index is -0.0687. The second-order valence-corrected chi connectivity index (χ2v) is 5.58. The molecule has 2 nitrogen and oxygen atoms in total. The van der Waals surface area contributed by atoms with Crippen LogP contribution in [0, 0.1) is 5.82 Å². The number of hydrogen-bond donors (Lipinski definition) is 0. The van der Waals surface area contributed by atoms with Crippen LogP contribution in [0.4, 0.5) is 10.1 Å². The van der Waals surface area contributed by atoms with Crippen LogP contribution < -0.4 is 4.90 Å². The topological polar surface area (TPSA) is 6.48 Å². The van der Waals surface area contributed by atoms with Crippen molar-refractivity contribution in [3.05, 3.63) is 29.6 Å². The zero-order valence-corrected chi connectivity index (χ0v) is 11.8.